The molecular formula is C15H21F3N4O2. The number of aromatic nitrogens is 2. The first-order chi connectivity index (χ1) is 11.3. The number of anilines is 2. The Balaban J connectivity index is 1.94. The van der Waals surface area contributed by atoms with Crippen LogP contribution in [0.3, 0.4) is 0 Å². The van der Waals surface area contributed by atoms with E-state index in [4.69, 9.17) is 0 Å². The Labute approximate surface area is 137 Å². The fourth-order valence-corrected chi connectivity index (χ4v) is 3.17. The highest BCUT2D eigenvalue weighted by Crippen LogP contribution is 2.32. The van der Waals surface area contributed by atoms with Gasteiger partial charge in [-0.15, -0.1) is 0 Å². The number of hydrogen-bond acceptors (Lipinski definition) is 6. The molecule has 2 aliphatic rings. The van der Waals surface area contributed by atoms with Gasteiger partial charge in [0.05, 0.1) is 12.2 Å². The van der Waals surface area contributed by atoms with Crippen LogP contribution in [0.4, 0.5) is 24.9 Å². The smallest absolute Gasteiger partial charge is 0.391 e. The zero-order chi connectivity index (χ0) is 17.3. The summed E-state index contributed by atoms with van der Waals surface area (Å²) in [4.78, 5) is 11.2. The van der Waals surface area contributed by atoms with Crippen molar-refractivity contribution in [3.05, 3.63) is 11.8 Å². The number of piperidine rings is 2. The van der Waals surface area contributed by atoms with Crippen LogP contribution in [0.5, 0.6) is 0 Å². The van der Waals surface area contributed by atoms with E-state index in [9.17, 15) is 23.4 Å². The standard InChI is InChI=1S/C15H21F3N4O2/c16-15(17,18)12-7-13(21-5-1-3-10(23)8-21)20-14(19-12)22-6-2-4-11(24)9-22/h7,10-11,23-24H,1-6,8-9H2. The summed E-state index contributed by atoms with van der Waals surface area (Å²) >= 11 is 0. The SMILES string of the molecule is OC1CCCN(c2cc(C(F)(F)F)nc(N3CCCC(O)C3)n2)C1. The molecule has 2 saturated heterocycles. The number of alkyl halides is 3. The maximum atomic E-state index is 13.2. The summed E-state index contributed by atoms with van der Waals surface area (Å²) in [5.41, 5.74) is -0.998. The fraction of sp³-hybridized carbons (Fsp3) is 0.733. The van der Waals surface area contributed by atoms with Gasteiger partial charge in [-0.05, 0) is 25.7 Å². The molecule has 0 spiro atoms. The topological polar surface area (TPSA) is 72.7 Å². The summed E-state index contributed by atoms with van der Waals surface area (Å²) < 4.78 is 39.6. The van der Waals surface area contributed by atoms with E-state index >= 15 is 0 Å². The Morgan fingerprint density at radius 3 is 2.12 bits per heavy atom. The Bertz CT molecular complexity index is 544. The van der Waals surface area contributed by atoms with Crippen molar-refractivity contribution < 1.29 is 23.4 Å². The van der Waals surface area contributed by atoms with Gasteiger partial charge in [0.25, 0.3) is 0 Å². The second kappa shape index (κ2) is 6.72. The predicted octanol–water partition coefficient (Wildman–Crippen LogP) is 1.42. The van der Waals surface area contributed by atoms with Gasteiger partial charge in [-0.2, -0.15) is 18.2 Å². The molecule has 0 amide bonds. The molecule has 2 aliphatic heterocycles. The number of hydrogen-bond donors (Lipinski definition) is 2. The van der Waals surface area contributed by atoms with Gasteiger partial charge in [-0.3, -0.25) is 0 Å². The summed E-state index contributed by atoms with van der Waals surface area (Å²) in [7, 11) is 0. The van der Waals surface area contributed by atoms with Crippen LogP contribution in [0.25, 0.3) is 0 Å². The van der Waals surface area contributed by atoms with Gasteiger partial charge in [-0.1, -0.05) is 0 Å². The Hall–Kier alpha value is -1.61. The van der Waals surface area contributed by atoms with Crippen molar-refractivity contribution in [3.63, 3.8) is 0 Å². The van der Waals surface area contributed by atoms with E-state index in [1.807, 2.05) is 0 Å². The average Bonchev–Trinajstić information content (AvgIpc) is 2.53. The maximum Gasteiger partial charge on any atom is 0.433 e. The van der Waals surface area contributed by atoms with Gasteiger partial charge >= 0.3 is 6.18 Å². The van der Waals surface area contributed by atoms with Gasteiger partial charge in [0, 0.05) is 32.2 Å². The lowest BCUT2D eigenvalue weighted by atomic mass is 10.1. The molecule has 6 nitrogen and oxygen atoms in total. The fourth-order valence-electron chi connectivity index (χ4n) is 3.17. The van der Waals surface area contributed by atoms with Gasteiger partial charge in [0.15, 0.2) is 5.69 Å². The number of halogens is 3. The summed E-state index contributed by atoms with van der Waals surface area (Å²) in [6.45, 7) is 1.55. The number of β-amino-alcohol motifs (C(OH)–C–C–N with tert-alkyl or cyclic N) is 2. The monoisotopic (exact) mass is 346 g/mol. The highest BCUT2D eigenvalue weighted by molar-refractivity contribution is 5.47. The molecule has 0 bridgehead atoms. The minimum absolute atomic E-state index is 0.0151. The van der Waals surface area contributed by atoms with Gasteiger partial charge in [-0.25, -0.2) is 4.98 Å². The highest BCUT2D eigenvalue weighted by atomic mass is 19.4. The van der Waals surface area contributed by atoms with E-state index in [0.717, 1.165) is 6.07 Å². The summed E-state index contributed by atoms with van der Waals surface area (Å²) in [5, 5.41) is 19.5. The summed E-state index contributed by atoms with van der Waals surface area (Å²) in [5.74, 6) is 0.157. The molecule has 9 heteroatoms. The van der Waals surface area contributed by atoms with Crippen molar-refractivity contribution in [2.24, 2.45) is 0 Å². The minimum atomic E-state index is -4.57. The molecule has 3 rings (SSSR count). The number of aliphatic hydroxyl groups is 2. The van der Waals surface area contributed by atoms with E-state index in [2.05, 4.69) is 9.97 Å². The van der Waals surface area contributed by atoms with E-state index in [-0.39, 0.29) is 24.9 Å². The second-order valence-corrected chi connectivity index (χ2v) is 6.39. The van der Waals surface area contributed by atoms with Crippen LogP contribution in [0.15, 0.2) is 6.07 Å². The molecule has 2 N–H and O–H groups in total. The second-order valence-electron chi connectivity index (χ2n) is 6.39. The van der Waals surface area contributed by atoms with E-state index in [1.54, 1.807) is 9.80 Å². The quantitative estimate of drug-likeness (QED) is 0.844. The molecule has 0 aliphatic carbocycles. The Kier molecular flexibility index (Phi) is 4.82. The predicted molar refractivity (Wildman–Crippen MR) is 81.9 cm³/mol. The molecule has 3 heterocycles. The third-order valence-electron chi connectivity index (χ3n) is 4.39. The molecule has 2 atom stereocenters. The first-order valence-electron chi connectivity index (χ1n) is 8.15. The van der Waals surface area contributed by atoms with Crippen molar-refractivity contribution in [1.29, 1.82) is 0 Å². The van der Waals surface area contributed by atoms with Crippen LogP contribution in [-0.4, -0.2) is 58.6 Å². The summed E-state index contributed by atoms with van der Waals surface area (Å²) in [6, 6.07) is 0.932. The molecule has 0 radical (unpaired) electrons. The lowest BCUT2D eigenvalue weighted by Crippen LogP contribution is -2.41. The van der Waals surface area contributed by atoms with Crippen LogP contribution in [0.1, 0.15) is 31.4 Å². The van der Waals surface area contributed by atoms with Crippen molar-refractivity contribution in [3.8, 4) is 0 Å². The molecule has 0 saturated carbocycles. The molecule has 2 unspecified atom stereocenters. The zero-order valence-electron chi connectivity index (χ0n) is 13.2. The van der Waals surface area contributed by atoms with E-state index in [1.165, 1.54) is 0 Å². The maximum absolute atomic E-state index is 13.2. The lowest BCUT2D eigenvalue weighted by molar-refractivity contribution is -0.141. The van der Waals surface area contributed by atoms with Crippen molar-refractivity contribution >= 4 is 11.8 Å². The lowest BCUT2D eigenvalue weighted by Gasteiger charge is -2.33. The first kappa shape index (κ1) is 17.2. The average molecular weight is 346 g/mol. The van der Waals surface area contributed by atoms with Crippen LogP contribution in [-0.2, 0) is 6.18 Å². The highest BCUT2D eigenvalue weighted by Gasteiger charge is 2.35. The first-order valence-corrected chi connectivity index (χ1v) is 8.15. The third-order valence-corrected chi connectivity index (χ3v) is 4.39. The van der Waals surface area contributed by atoms with Crippen LogP contribution in [0.2, 0.25) is 0 Å². The van der Waals surface area contributed by atoms with Gasteiger partial charge in [0.1, 0.15) is 5.82 Å². The number of rotatable bonds is 2. The van der Waals surface area contributed by atoms with Crippen LogP contribution in [0, 0.1) is 0 Å². The molecule has 134 valence electrons. The molecule has 1 aromatic heterocycles. The zero-order valence-corrected chi connectivity index (χ0v) is 13.2. The molecule has 24 heavy (non-hydrogen) atoms. The molecular weight excluding hydrogens is 325 g/mol. The minimum Gasteiger partial charge on any atom is -0.391 e. The van der Waals surface area contributed by atoms with E-state index in [0.29, 0.717) is 38.8 Å². The molecule has 0 aromatic carbocycles. The summed E-state index contributed by atoms with van der Waals surface area (Å²) in [6.07, 6.45) is -3.09. The molecule has 1 aromatic rings. The van der Waals surface area contributed by atoms with Crippen molar-refractivity contribution in [2.75, 3.05) is 36.0 Å². The van der Waals surface area contributed by atoms with Gasteiger partial charge < -0.3 is 20.0 Å². The van der Waals surface area contributed by atoms with Crippen LogP contribution >= 0.6 is 0 Å². The Morgan fingerprint density at radius 2 is 1.54 bits per heavy atom. The number of nitrogens with zero attached hydrogens (tertiary/aromatic N) is 4. The van der Waals surface area contributed by atoms with Crippen LogP contribution < -0.4 is 9.80 Å². The van der Waals surface area contributed by atoms with Gasteiger partial charge in [0.2, 0.25) is 5.95 Å². The van der Waals surface area contributed by atoms with Crippen molar-refractivity contribution in [1.82, 2.24) is 9.97 Å². The Morgan fingerprint density at radius 1 is 0.958 bits per heavy atom. The normalized spacial score (nSPS) is 25.9. The third kappa shape index (κ3) is 3.89. The van der Waals surface area contributed by atoms with Crippen molar-refractivity contribution in [2.45, 2.75) is 44.1 Å². The number of aliphatic hydroxyl groups excluding tert-OH is 2. The largest absolute Gasteiger partial charge is 0.433 e. The van der Waals surface area contributed by atoms with E-state index < -0.39 is 24.1 Å². The molecule has 2 fully saturated rings.